The van der Waals surface area contributed by atoms with Crippen LogP contribution < -0.4 is 5.32 Å². The number of carbonyl (C=O) groups is 1. The second-order valence-electron chi connectivity index (χ2n) is 5.23. The third-order valence-corrected chi connectivity index (χ3v) is 3.47. The molecule has 0 aliphatic heterocycles. The van der Waals surface area contributed by atoms with Crippen molar-refractivity contribution in [2.45, 2.75) is 51.3 Å². The lowest BCUT2D eigenvalue weighted by molar-refractivity contribution is -0.120. The van der Waals surface area contributed by atoms with Crippen LogP contribution >= 0.6 is 12.6 Å². The number of thiol groups is 1. The Labute approximate surface area is 121 Å². The van der Waals surface area contributed by atoms with Gasteiger partial charge in [-0.15, -0.1) is 0 Å². The molecule has 0 aliphatic carbocycles. The number of aromatic nitrogens is 1. The van der Waals surface area contributed by atoms with Gasteiger partial charge in [-0.2, -0.15) is 12.6 Å². The maximum Gasteiger partial charge on any atom is 0.233 e. The Morgan fingerprint density at radius 1 is 1.32 bits per heavy atom. The minimum atomic E-state index is -0.212. The van der Waals surface area contributed by atoms with Crippen LogP contribution in [0.1, 0.15) is 45.2 Å². The predicted molar refractivity (Wildman–Crippen MR) is 82.2 cm³/mol. The van der Waals surface area contributed by atoms with Gasteiger partial charge in [0.1, 0.15) is 0 Å². The average Bonchev–Trinajstić information content (AvgIpc) is 2.41. The van der Waals surface area contributed by atoms with Gasteiger partial charge in [-0.1, -0.05) is 39.2 Å². The molecule has 0 fully saturated rings. The Hall–Kier alpha value is -1.03. The molecule has 1 aromatic heterocycles. The Bertz CT molecular complexity index is 368. The van der Waals surface area contributed by atoms with Crippen molar-refractivity contribution in [3.8, 4) is 0 Å². The van der Waals surface area contributed by atoms with Crippen LogP contribution in [0.2, 0.25) is 0 Å². The van der Waals surface area contributed by atoms with E-state index in [1.165, 1.54) is 12.8 Å². The summed E-state index contributed by atoms with van der Waals surface area (Å²) >= 11 is 4.36. The Morgan fingerprint density at radius 2 is 2.05 bits per heavy atom. The fourth-order valence-corrected chi connectivity index (χ4v) is 2.09. The van der Waals surface area contributed by atoms with Gasteiger partial charge in [0.25, 0.3) is 0 Å². The molecule has 0 radical (unpaired) electrons. The summed E-state index contributed by atoms with van der Waals surface area (Å²) in [6.45, 7) is 4.91. The third-order valence-electron chi connectivity index (χ3n) is 2.98. The Balaban J connectivity index is 2.18. The van der Waals surface area contributed by atoms with E-state index >= 15 is 0 Å². The average molecular weight is 280 g/mol. The summed E-state index contributed by atoms with van der Waals surface area (Å²) in [6, 6.07) is 5.68. The second-order valence-corrected chi connectivity index (χ2v) is 5.86. The number of pyridine rings is 1. The molecule has 1 atom stereocenters. The number of amides is 1. The summed E-state index contributed by atoms with van der Waals surface area (Å²) in [5.41, 5.74) is 0.871. The Kier molecular flexibility index (Phi) is 7.56. The summed E-state index contributed by atoms with van der Waals surface area (Å²) in [6.07, 6.45) is 6.01. The molecule has 0 spiro atoms. The Morgan fingerprint density at radius 3 is 2.68 bits per heavy atom. The smallest absolute Gasteiger partial charge is 0.233 e. The van der Waals surface area contributed by atoms with Crippen molar-refractivity contribution >= 4 is 18.5 Å². The molecule has 1 amide bonds. The van der Waals surface area contributed by atoms with Gasteiger partial charge >= 0.3 is 0 Å². The van der Waals surface area contributed by atoms with Gasteiger partial charge in [-0.05, 0) is 24.5 Å². The highest BCUT2D eigenvalue weighted by molar-refractivity contribution is 7.81. The van der Waals surface area contributed by atoms with Crippen LogP contribution in [0.3, 0.4) is 0 Å². The largest absolute Gasteiger partial charge is 0.349 e. The fraction of sp³-hybridized carbons (Fsp3) is 0.600. The van der Waals surface area contributed by atoms with E-state index in [2.05, 4.69) is 36.8 Å². The molecule has 0 aliphatic rings. The molecular weight excluding hydrogens is 256 g/mol. The molecule has 1 aromatic rings. The van der Waals surface area contributed by atoms with E-state index in [0.717, 1.165) is 24.5 Å². The number of carbonyl (C=O) groups excluding carboxylic acids is 1. The standard InChI is InChI=1S/C15H24N2OS/c1-12(2)7-3-4-9-14(19)15(18)17-11-13-8-5-6-10-16-13/h5-6,8,10,12,14,19H,3-4,7,9,11H2,1-2H3,(H,17,18). The van der Waals surface area contributed by atoms with Crippen molar-refractivity contribution in [1.29, 1.82) is 0 Å². The van der Waals surface area contributed by atoms with Gasteiger partial charge in [-0.3, -0.25) is 9.78 Å². The number of rotatable bonds is 8. The molecular formula is C15H24N2OS. The molecule has 0 aromatic carbocycles. The number of hydrogen-bond acceptors (Lipinski definition) is 3. The molecule has 1 unspecified atom stereocenters. The van der Waals surface area contributed by atoms with E-state index in [9.17, 15) is 4.79 Å². The maximum absolute atomic E-state index is 11.8. The van der Waals surface area contributed by atoms with Crippen LogP contribution in [-0.4, -0.2) is 16.1 Å². The van der Waals surface area contributed by atoms with Crippen molar-refractivity contribution in [2.24, 2.45) is 5.92 Å². The summed E-state index contributed by atoms with van der Waals surface area (Å²) in [5, 5.41) is 2.66. The highest BCUT2D eigenvalue weighted by Gasteiger charge is 2.13. The molecule has 3 nitrogen and oxygen atoms in total. The number of nitrogens with zero attached hydrogens (tertiary/aromatic N) is 1. The monoisotopic (exact) mass is 280 g/mol. The lowest BCUT2D eigenvalue weighted by Crippen LogP contribution is -2.31. The fourth-order valence-electron chi connectivity index (χ4n) is 1.82. The van der Waals surface area contributed by atoms with Gasteiger partial charge in [0.2, 0.25) is 5.91 Å². The topological polar surface area (TPSA) is 42.0 Å². The zero-order chi connectivity index (χ0) is 14.1. The van der Waals surface area contributed by atoms with Crippen molar-refractivity contribution in [2.75, 3.05) is 0 Å². The first-order valence-electron chi connectivity index (χ1n) is 6.95. The van der Waals surface area contributed by atoms with Crippen LogP contribution in [0, 0.1) is 5.92 Å². The molecule has 4 heteroatoms. The first-order valence-corrected chi connectivity index (χ1v) is 7.47. The number of unbranched alkanes of at least 4 members (excludes halogenated alkanes) is 1. The zero-order valence-corrected chi connectivity index (χ0v) is 12.7. The second kappa shape index (κ2) is 8.97. The van der Waals surface area contributed by atoms with E-state index in [4.69, 9.17) is 0 Å². The van der Waals surface area contributed by atoms with E-state index < -0.39 is 0 Å². The molecule has 1 rings (SSSR count). The van der Waals surface area contributed by atoms with Crippen LogP contribution in [0.4, 0.5) is 0 Å². The van der Waals surface area contributed by atoms with E-state index in [1.54, 1.807) is 6.20 Å². The predicted octanol–water partition coefficient (Wildman–Crippen LogP) is 3.21. The van der Waals surface area contributed by atoms with Crippen molar-refractivity contribution in [3.05, 3.63) is 30.1 Å². The molecule has 1 heterocycles. The molecule has 19 heavy (non-hydrogen) atoms. The van der Waals surface area contributed by atoms with E-state index in [-0.39, 0.29) is 11.2 Å². The van der Waals surface area contributed by atoms with Gasteiger partial charge in [0, 0.05) is 6.20 Å². The summed E-state index contributed by atoms with van der Waals surface area (Å²) < 4.78 is 0. The van der Waals surface area contributed by atoms with Crippen LogP contribution in [0.5, 0.6) is 0 Å². The minimum absolute atomic E-state index is 0.00136. The molecule has 0 saturated heterocycles. The van der Waals surface area contributed by atoms with E-state index in [0.29, 0.717) is 6.54 Å². The van der Waals surface area contributed by atoms with Gasteiger partial charge in [0.15, 0.2) is 0 Å². The molecule has 0 saturated carbocycles. The zero-order valence-electron chi connectivity index (χ0n) is 11.8. The van der Waals surface area contributed by atoms with Gasteiger partial charge in [0.05, 0.1) is 17.5 Å². The molecule has 0 bridgehead atoms. The van der Waals surface area contributed by atoms with Crippen molar-refractivity contribution in [1.82, 2.24) is 10.3 Å². The molecule has 1 N–H and O–H groups in total. The highest BCUT2D eigenvalue weighted by Crippen LogP contribution is 2.12. The summed E-state index contributed by atoms with van der Waals surface area (Å²) in [4.78, 5) is 16.0. The SMILES string of the molecule is CC(C)CCCCC(S)C(=O)NCc1ccccn1. The normalized spacial score (nSPS) is 12.4. The third kappa shape index (κ3) is 7.21. The number of hydrogen-bond donors (Lipinski definition) is 2. The minimum Gasteiger partial charge on any atom is -0.349 e. The lowest BCUT2D eigenvalue weighted by atomic mass is 10.0. The summed E-state index contributed by atoms with van der Waals surface area (Å²) in [5.74, 6) is 0.731. The van der Waals surface area contributed by atoms with Crippen molar-refractivity contribution < 1.29 is 4.79 Å². The number of nitrogens with one attached hydrogen (secondary N) is 1. The maximum atomic E-state index is 11.8. The van der Waals surface area contributed by atoms with Gasteiger partial charge in [-0.25, -0.2) is 0 Å². The summed E-state index contributed by atoms with van der Waals surface area (Å²) in [7, 11) is 0. The lowest BCUT2D eigenvalue weighted by Gasteiger charge is -2.11. The highest BCUT2D eigenvalue weighted by atomic mass is 32.1. The van der Waals surface area contributed by atoms with Crippen molar-refractivity contribution in [3.63, 3.8) is 0 Å². The van der Waals surface area contributed by atoms with Gasteiger partial charge < -0.3 is 5.32 Å². The molecule has 106 valence electrons. The first kappa shape index (κ1) is 16.0. The van der Waals surface area contributed by atoms with Crippen LogP contribution in [0.15, 0.2) is 24.4 Å². The quantitative estimate of drug-likeness (QED) is 0.567. The van der Waals surface area contributed by atoms with Crippen LogP contribution in [0.25, 0.3) is 0 Å². The first-order chi connectivity index (χ1) is 9.09. The van der Waals surface area contributed by atoms with Crippen LogP contribution in [-0.2, 0) is 11.3 Å². The van der Waals surface area contributed by atoms with E-state index in [1.807, 2.05) is 18.2 Å².